The fourth-order valence-corrected chi connectivity index (χ4v) is 9.07. The third-order valence-corrected chi connectivity index (χ3v) is 11.9. The van der Waals surface area contributed by atoms with E-state index in [1.807, 2.05) is 30.3 Å². The topological polar surface area (TPSA) is 45.4 Å². The zero-order valence-corrected chi connectivity index (χ0v) is 32.3. The summed E-state index contributed by atoms with van der Waals surface area (Å²) in [6.07, 6.45) is 0. The number of nitrogens with zero attached hydrogens (tertiary/aromatic N) is 4. The Morgan fingerprint density at radius 3 is 1.36 bits per heavy atom. The van der Waals surface area contributed by atoms with E-state index in [-0.39, 0.29) is 10.8 Å². The predicted octanol–water partition coefficient (Wildman–Crippen LogP) is 13.6. The highest BCUT2D eigenvalue weighted by molar-refractivity contribution is 5.93. The first kappa shape index (κ1) is 33.8. The summed E-state index contributed by atoms with van der Waals surface area (Å²) in [6.45, 7) is 11.5. The van der Waals surface area contributed by atoms with Crippen LogP contribution in [0.15, 0.2) is 168 Å². The molecule has 8 aromatic rings. The highest BCUT2D eigenvalue weighted by Gasteiger charge is 2.39. The smallest absolute Gasteiger partial charge is 0.258 e. The minimum Gasteiger partial charge on any atom is -0.334 e. The molecule has 0 radical (unpaired) electrons. The van der Waals surface area contributed by atoms with Crippen molar-refractivity contribution in [1.82, 2.24) is 10.1 Å². The van der Waals surface area contributed by atoms with Gasteiger partial charge in [0.05, 0.1) is 22.7 Å². The molecule has 0 fully saturated rings. The molecule has 0 aliphatic carbocycles. The number of anilines is 6. The zero-order valence-electron chi connectivity index (χ0n) is 32.3. The number of aryl methyl sites for hydroxylation is 1. The van der Waals surface area contributed by atoms with Crippen LogP contribution in [0.5, 0.6) is 0 Å². The minimum absolute atomic E-state index is 0.164. The van der Waals surface area contributed by atoms with E-state index >= 15 is 0 Å². The largest absolute Gasteiger partial charge is 0.334 e. The van der Waals surface area contributed by atoms with Crippen molar-refractivity contribution in [3.63, 3.8) is 0 Å². The third kappa shape index (κ3) is 5.22. The molecule has 0 amide bonds. The average molecular weight is 727 g/mol. The van der Waals surface area contributed by atoms with E-state index in [4.69, 9.17) is 9.51 Å². The first-order valence-electron chi connectivity index (χ1n) is 19.3. The summed E-state index contributed by atoms with van der Waals surface area (Å²) in [5.74, 6) is 1.08. The van der Waals surface area contributed by atoms with Crippen molar-refractivity contribution >= 4 is 34.1 Å². The van der Waals surface area contributed by atoms with Gasteiger partial charge in [0.1, 0.15) is 0 Å². The number of rotatable bonds is 5. The molecule has 1 aromatic heterocycles. The predicted molar refractivity (Wildman–Crippen MR) is 229 cm³/mol. The molecule has 56 heavy (non-hydrogen) atoms. The number of hydrogen-bond acceptors (Lipinski definition) is 5. The summed E-state index contributed by atoms with van der Waals surface area (Å²) in [5.41, 5.74) is 17.1. The molecule has 10 rings (SSSR count). The molecule has 7 aromatic carbocycles. The maximum Gasteiger partial charge on any atom is 0.258 e. The van der Waals surface area contributed by atoms with Crippen LogP contribution < -0.4 is 9.80 Å². The molecule has 272 valence electrons. The molecule has 0 spiro atoms. The molecule has 5 heteroatoms. The van der Waals surface area contributed by atoms with Crippen LogP contribution in [0.1, 0.15) is 55.5 Å². The molecule has 0 N–H and O–H groups in total. The van der Waals surface area contributed by atoms with Gasteiger partial charge in [0.25, 0.3) is 5.89 Å². The lowest BCUT2D eigenvalue weighted by atomic mass is 9.73. The second-order valence-electron chi connectivity index (χ2n) is 16.0. The molecule has 0 saturated heterocycles. The van der Waals surface area contributed by atoms with Crippen molar-refractivity contribution in [2.75, 3.05) is 9.80 Å². The van der Waals surface area contributed by atoms with Gasteiger partial charge in [-0.1, -0.05) is 136 Å². The van der Waals surface area contributed by atoms with Crippen LogP contribution in [0.25, 0.3) is 34.0 Å². The van der Waals surface area contributed by atoms with Crippen LogP contribution in [0, 0.1) is 6.92 Å². The van der Waals surface area contributed by atoms with E-state index in [9.17, 15) is 0 Å². The van der Waals surface area contributed by atoms with Crippen molar-refractivity contribution in [3.8, 4) is 34.0 Å². The van der Waals surface area contributed by atoms with Gasteiger partial charge in [-0.3, -0.25) is 0 Å². The molecule has 5 nitrogen and oxygen atoms in total. The number of aromatic nitrogens is 2. The summed E-state index contributed by atoms with van der Waals surface area (Å²) in [5, 5.41) is 4.37. The average Bonchev–Trinajstić information content (AvgIpc) is 3.72. The fourth-order valence-electron chi connectivity index (χ4n) is 9.07. The Kier molecular flexibility index (Phi) is 7.65. The van der Waals surface area contributed by atoms with Gasteiger partial charge < -0.3 is 14.3 Å². The van der Waals surface area contributed by atoms with Gasteiger partial charge in [-0.15, -0.1) is 0 Å². The standard InChI is InChI=1S/C51H42N4O/c1-33-29-35(48-52-49(56-53-48)34-17-7-6-8-18-34)27-28-39(33)36-30-37(54-44-23-13-9-19-40(44)50(2,3)41-20-10-14-24-45(41)54)32-38(31-36)55-46-25-15-11-21-42(46)51(4,5)43-22-12-16-26-47(43)55/h6-32H,1-5H3. The molecule has 3 heterocycles. The first-order valence-corrected chi connectivity index (χ1v) is 19.3. The van der Waals surface area contributed by atoms with Gasteiger partial charge in [-0.05, 0) is 107 Å². The van der Waals surface area contributed by atoms with Crippen LogP contribution in [0.3, 0.4) is 0 Å². The number of para-hydroxylation sites is 4. The van der Waals surface area contributed by atoms with Gasteiger partial charge in [0.15, 0.2) is 0 Å². The van der Waals surface area contributed by atoms with E-state index in [0.717, 1.165) is 39.2 Å². The number of hydrogen-bond donors (Lipinski definition) is 0. The molecule has 0 saturated carbocycles. The van der Waals surface area contributed by atoms with Crippen LogP contribution >= 0.6 is 0 Å². The Bertz CT molecular complexity index is 2570. The van der Waals surface area contributed by atoms with Crippen molar-refractivity contribution in [3.05, 3.63) is 192 Å². The van der Waals surface area contributed by atoms with E-state index in [2.05, 4.69) is 183 Å². The van der Waals surface area contributed by atoms with Gasteiger partial charge in [-0.2, -0.15) is 4.98 Å². The molecule has 2 aliphatic rings. The van der Waals surface area contributed by atoms with Gasteiger partial charge >= 0.3 is 0 Å². The van der Waals surface area contributed by atoms with Crippen molar-refractivity contribution < 1.29 is 4.52 Å². The van der Waals surface area contributed by atoms with Crippen LogP contribution in [-0.2, 0) is 10.8 Å². The van der Waals surface area contributed by atoms with E-state index in [1.54, 1.807) is 0 Å². The van der Waals surface area contributed by atoms with Crippen LogP contribution in [0.2, 0.25) is 0 Å². The Hall–Kier alpha value is -6.72. The van der Waals surface area contributed by atoms with E-state index in [1.165, 1.54) is 45.0 Å². The van der Waals surface area contributed by atoms with Gasteiger partial charge in [-0.25, -0.2) is 0 Å². The number of fused-ring (bicyclic) bond motifs is 4. The maximum absolute atomic E-state index is 5.70. The summed E-state index contributed by atoms with van der Waals surface area (Å²) in [4.78, 5) is 9.68. The third-order valence-electron chi connectivity index (χ3n) is 11.9. The molecular weight excluding hydrogens is 685 g/mol. The summed E-state index contributed by atoms with van der Waals surface area (Å²) >= 11 is 0. The highest BCUT2D eigenvalue weighted by Crippen LogP contribution is 2.55. The van der Waals surface area contributed by atoms with Gasteiger partial charge in [0.2, 0.25) is 5.82 Å². The summed E-state index contributed by atoms with van der Waals surface area (Å²) in [6, 6.07) is 58.9. The van der Waals surface area contributed by atoms with Crippen molar-refractivity contribution in [2.45, 2.75) is 45.4 Å². The second kappa shape index (κ2) is 12.7. The Morgan fingerprint density at radius 2 is 0.893 bits per heavy atom. The van der Waals surface area contributed by atoms with Gasteiger partial charge in [0, 0.05) is 33.3 Å². The molecule has 2 aliphatic heterocycles. The van der Waals surface area contributed by atoms with E-state index in [0.29, 0.717) is 11.7 Å². The summed E-state index contributed by atoms with van der Waals surface area (Å²) in [7, 11) is 0. The van der Waals surface area contributed by atoms with Crippen molar-refractivity contribution in [1.29, 1.82) is 0 Å². The molecular formula is C51H42N4O. The summed E-state index contributed by atoms with van der Waals surface area (Å²) < 4.78 is 5.70. The molecule has 0 atom stereocenters. The first-order chi connectivity index (χ1) is 27.2. The second-order valence-corrected chi connectivity index (χ2v) is 16.0. The fraction of sp³-hybridized carbons (Fsp3) is 0.137. The Morgan fingerprint density at radius 1 is 0.446 bits per heavy atom. The SMILES string of the molecule is Cc1cc(-c2noc(-c3ccccc3)n2)ccc1-c1cc(N2c3ccccc3C(C)(C)c3ccccc32)cc(N2c3ccccc3C(C)(C)c3ccccc32)c1. The Labute approximate surface area is 328 Å². The quantitative estimate of drug-likeness (QED) is 0.177. The van der Waals surface area contributed by atoms with Crippen LogP contribution in [-0.4, -0.2) is 10.1 Å². The molecule has 0 bridgehead atoms. The van der Waals surface area contributed by atoms with E-state index < -0.39 is 0 Å². The number of benzene rings is 7. The van der Waals surface area contributed by atoms with Crippen molar-refractivity contribution in [2.24, 2.45) is 0 Å². The Balaban J connectivity index is 1.19. The lowest BCUT2D eigenvalue weighted by Gasteiger charge is -2.43. The normalized spacial score (nSPS) is 14.7. The lowest BCUT2D eigenvalue weighted by Crippen LogP contribution is -2.31. The lowest BCUT2D eigenvalue weighted by molar-refractivity contribution is 0.432. The van der Waals surface area contributed by atoms with Crippen LogP contribution in [0.4, 0.5) is 34.1 Å². The zero-order chi connectivity index (χ0) is 38.2. The molecule has 0 unspecified atom stereocenters. The minimum atomic E-state index is -0.164. The maximum atomic E-state index is 5.70. The monoisotopic (exact) mass is 726 g/mol. The highest BCUT2D eigenvalue weighted by atomic mass is 16.5.